The third kappa shape index (κ3) is 4.55. The van der Waals surface area contributed by atoms with Gasteiger partial charge in [-0.15, -0.1) is 0 Å². The number of anilines is 2. The van der Waals surface area contributed by atoms with Gasteiger partial charge in [-0.3, -0.25) is 0 Å². The van der Waals surface area contributed by atoms with Gasteiger partial charge in [0.15, 0.2) is 0 Å². The number of carbonyl (C=O) groups is 1. The molecule has 24 heavy (non-hydrogen) atoms. The minimum Gasteiger partial charge on any atom is -0.497 e. The summed E-state index contributed by atoms with van der Waals surface area (Å²) < 4.78 is 48.4. The number of hydrogen-bond acceptors (Lipinski definition) is 3. The summed E-state index contributed by atoms with van der Waals surface area (Å²) in [5.74, 6) is 0.523. The molecule has 0 unspecified atom stereocenters. The summed E-state index contributed by atoms with van der Waals surface area (Å²) in [6.45, 7) is 0. The van der Waals surface area contributed by atoms with Crippen LogP contribution in [0.15, 0.2) is 42.5 Å². The average Bonchev–Trinajstić information content (AvgIpc) is 2.53. The molecule has 0 atom stereocenters. The van der Waals surface area contributed by atoms with Crippen molar-refractivity contribution in [3.05, 3.63) is 48.0 Å². The van der Waals surface area contributed by atoms with Crippen LogP contribution in [0.1, 0.15) is 5.56 Å². The largest absolute Gasteiger partial charge is 0.497 e. The van der Waals surface area contributed by atoms with E-state index in [4.69, 9.17) is 9.47 Å². The molecule has 0 radical (unpaired) electrons. The first-order valence-corrected chi connectivity index (χ1v) is 6.80. The zero-order valence-electron chi connectivity index (χ0n) is 12.9. The Morgan fingerprint density at radius 2 is 1.54 bits per heavy atom. The second-order valence-corrected chi connectivity index (χ2v) is 4.76. The zero-order valence-corrected chi connectivity index (χ0v) is 12.9. The molecule has 5 nitrogen and oxygen atoms in total. The lowest BCUT2D eigenvalue weighted by atomic mass is 10.2. The number of methoxy groups -OCH3 is 2. The van der Waals surface area contributed by atoms with Gasteiger partial charge in [0.05, 0.1) is 19.8 Å². The number of rotatable bonds is 4. The monoisotopic (exact) mass is 340 g/mol. The van der Waals surface area contributed by atoms with E-state index in [1.54, 1.807) is 24.3 Å². The van der Waals surface area contributed by atoms with Crippen LogP contribution in [0.4, 0.5) is 29.3 Å². The quantitative estimate of drug-likeness (QED) is 0.869. The van der Waals surface area contributed by atoms with Crippen LogP contribution in [0.2, 0.25) is 0 Å². The lowest BCUT2D eigenvalue weighted by Gasteiger charge is -2.13. The van der Waals surface area contributed by atoms with Crippen molar-refractivity contribution in [3.8, 4) is 11.5 Å². The van der Waals surface area contributed by atoms with Gasteiger partial charge in [-0.1, -0.05) is 6.07 Å². The molecule has 2 amide bonds. The van der Waals surface area contributed by atoms with Crippen LogP contribution in [0.25, 0.3) is 0 Å². The molecule has 0 aliphatic heterocycles. The molecule has 0 aliphatic rings. The van der Waals surface area contributed by atoms with E-state index in [9.17, 15) is 18.0 Å². The van der Waals surface area contributed by atoms with Gasteiger partial charge in [0.2, 0.25) is 0 Å². The number of ether oxygens (including phenoxy) is 2. The highest BCUT2D eigenvalue weighted by molar-refractivity contribution is 6.00. The maximum atomic E-state index is 12.9. The number of halogens is 3. The number of hydrogen-bond donors (Lipinski definition) is 2. The van der Waals surface area contributed by atoms with Crippen LogP contribution >= 0.6 is 0 Å². The van der Waals surface area contributed by atoms with Crippen molar-refractivity contribution in [2.24, 2.45) is 0 Å². The molecule has 0 aliphatic carbocycles. The Hall–Kier alpha value is -2.90. The van der Waals surface area contributed by atoms with Gasteiger partial charge in [0, 0.05) is 23.5 Å². The number of benzene rings is 2. The maximum absolute atomic E-state index is 12.9. The standard InChI is InChI=1S/C16H15F3N2O3/c1-23-13-5-3-4-11(8-13)20-15(22)21-12-6-10(16(17,18)19)7-14(9-12)24-2/h3-9H,1-2H3,(H2,20,21,22). The van der Waals surface area contributed by atoms with E-state index in [1.807, 2.05) is 0 Å². The zero-order chi connectivity index (χ0) is 17.7. The third-order valence-electron chi connectivity index (χ3n) is 3.06. The molecule has 0 bridgehead atoms. The first kappa shape index (κ1) is 17.5. The Morgan fingerprint density at radius 1 is 0.917 bits per heavy atom. The van der Waals surface area contributed by atoms with E-state index < -0.39 is 17.8 Å². The summed E-state index contributed by atoms with van der Waals surface area (Å²) in [5.41, 5.74) is -0.522. The fraction of sp³-hybridized carbons (Fsp3) is 0.188. The van der Waals surface area contributed by atoms with E-state index in [0.717, 1.165) is 12.1 Å². The van der Waals surface area contributed by atoms with E-state index in [2.05, 4.69) is 10.6 Å². The summed E-state index contributed by atoms with van der Waals surface area (Å²) >= 11 is 0. The summed E-state index contributed by atoms with van der Waals surface area (Å²) in [6, 6.07) is 8.84. The van der Waals surface area contributed by atoms with Crippen LogP contribution in [0, 0.1) is 0 Å². The smallest absolute Gasteiger partial charge is 0.416 e. The van der Waals surface area contributed by atoms with Crippen molar-refractivity contribution in [3.63, 3.8) is 0 Å². The Kier molecular flexibility index (Phi) is 5.18. The Morgan fingerprint density at radius 3 is 2.17 bits per heavy atom. The van der Waals surface area contributed by atoms with Gasteiger partial charge in [-0.05, 0) is 24.3 Å². The van der Waals surface area contributed by atoms with Crippen molar-refractivity contribution in [2.75, 3.05) is 24.9 Å². The van der Waals surface area contributed by atoms with Gasteiger partial charge in [-0.2, -0.15) is 13.2 Å². The molecule has 2 aromatic carbocycles. The highest BCUT2D eigenvalue weighted by Gasteiger charge is 2.31. The highest BCUT2D eigenvalue weighted by Crippen LogP contribution is 2.34. The first-order chi connectivity index (χ1) is 11.3. The molecule has 2 rings (SSSR count). The molecule has 0 fully saturated rings. The normalized spacial score (nSPS) is 10.9. The molecule has 0 heterocycles. The van der Waals surface area contributed by atoms with Crippen LogP contribution in [0.5, 0.6) is 11.5 Å². The molecule has 2 aromatic rings. The molecule has 0 aromatic heterocycles. The second kappa shape index (κ2) is 7.12. The fourth-order valence-electron chi connectivity index (χ4n) is 1.95. The topological polar surface area (TPSA) is 59.6 Å². The van der Waals surface area contributed by atoms with Crippen LogP contribution in [-0.4, -0.2) is 20.3 Å². The number of carbonyl (C=O) groups excluding carboxylic acids is 1. The molecular formula is C16H15F3N2O3. The second-order valence-electron chi connectivity index (χ2n) is 4.76. The minimum absolute atomic E-state index is 0.0125. The van der Waals surface area contributed by atoms with Crippen LogP contribution in [0.3, 0.4) is 0 Å². The van der Waals surface area contributed by atoms with E-state index in [0.29, 0.717) is 11.4 Å². The summed E-state index contributed by atoms with van der Waals surface area (Å²) in [7, 11) is 2.73. The Balaban J connectivity index is 2.16. The van der Waals surface area contributed by atoms with Crippen molar-refractivity contribution < 1.29 is 27.4 Å². The van der Waals surface area contributed by atoms with Gasteiger partial charge >= 0.3 is 12.2 Å². The molecule has 0 spiro atoms. The van der Waals surface area contributed by atoms with Gasteiger partial charge < -0.3 is 20.1 Å². The number of urea groups is 1. The average molecular weight is 340 g/mol. The van der Waals surface area contributed by atoms with Crippen molar-refractivity contribution in [1.29, 1.82) is 0 Å². The fourth-order valence-corrected chi connectivity index (χ4v) is 1.95. The summed E-state index contributed by atoms with van der Waals surface area (Å²) in [6.07, 6.45) is -4.55. The Bertz CT molecular complexity index is 733. The van der Waals surface area contributed by atoms with Gasteiger partial charge in [-0.25, -0.2) is 4.79 Å². The summed E-state index contributed by atoms with van der Waals surface area (Å²) in [4.78, 5) is 12.0. The third-order valence-corrected chi connectivity index (χ3v) is 3.06. The SMILES string of the molecule is COc1cccc(NC(=O)Nc2cc(OC)cc(C(F)(F)F)c2)c1. The van der Waals surface area contributed by atoms with Crippen LogP contribution < -0.4 is 20.1 Å². The molecule has 2 N–H and O–H groups in total. The van der Waals surface area contributed by atoms with Crippen molar-refractivity contribution in [2.45, 2.75) is 6.18 Å². The predicted octanol–water partition coefficient (Wildman–Crippen LogP) is 4.37. The van der Waals surface area contributed by atoms with E-state index in [-0.39, 0.29) is 11.4 Å². The lowest BCUT2D eigenvalue weighted by molar-refractivity contribution is -0.137. The number of amides is 2. The molecule has 0 saturated heterocycles. The Labute approximate surface area is 136 Å². The van der Waals surface area contributed by atoms with Crippen LogP contribution in [-0.2, 0) is 6.18 Å². The molecular weight excluding hydrogens is 325 g/mol. The number of nitrogens with one attached hydrogen (secondary N) is 2. The molecule has 0 saturated carbocycles. The van der Waals surface area contributed by atoms with Gasteiger partial charge in [0.1, 0.15) is 11.5 Å². The predicted molar refractivity (Wildman–Crippen MR) is 83.6 cm³/mol. The van der Waals surface area contributed by atoms with E-state index >= 15 is 0 Å². The maximum Gasteiger partial charge on any atom is 0.416 e. The molecule has 128 valence electrons. The highest BCUT2D eigenvalue weighted by atomic mass is 19.4. The van der Waals surface area contributed by atoms with Crippen molar-refractivity contribution >= 4 is 17.4 Å². The number of alkyl halides is 3. The minimum atomic E-state index is -4.55. The van der Waals surface area contributed by atoms with E-state index in [1.165, 1.54) is 20.3 Å². The lowest BCUT2D eigenvalue weighted by Crippen LogP contribution is -2.20. The first-order valence-electron chi connectivity index (χ1n) is 6.80. The van der Waals surface area contributed by atoms with Gasteiger partial charge in [0.25, 0.3) is 0 Å². The molecule has 8 heteroatoms. The summed E-state index contributed by atoms with van der Waals surface area (Å²) in [5, 5.41) is 4.85. The van der Waals surface area contributed by atoms with Crippen molar-refractivity contribution in [1.82, 2.24) is 0 Å².